The highest BCUT2D eigenvalue weighted by Crippen LogP contribution is 2.35. The van der Waals surface area contributed by atoms with E-state index >= 15 is 0 Å². The second-order valence-electron chi connectivity index (χ2n) is 4.86. The van der Waals surface area contributed by atoms with Crippen LogP contribution in [0.5, 0.6) is 5.75 Å². The standard InChI is InChI=1S/C13H20N4OS/c1-9(2)17-6-7-18-12-8-10(4-5-11(12)17)15-13(19)16(3)14/h4-5,8-9H,6-7,14H2,1-3H3,(H,15,19). The quantitative estimate of drug-likeness (QED) is 0.489. The molecule has 3 N–H and O–H groups in total. The Hall–Kier alpha value is -1.53. The van der Waals surface area contributed by atoms with Crippen molar-refractivity contribution in [2.24, 2.45) is 5.84 Å². The lowest BCUT2D eigenvalue weighted by atomic mass is 10.2. The van der Waals surface area contributed by atoms with Gasteiger partial charge in [0.15, 0.2) is 5.11 Å². The van der Waals surface area contributed by atoms with Gasteiger partial charge in [0.05, 0.1) is 12.2 Å². The van der Waals surface area contributed by atoms with Crippen LogP contribution in [0.15, 0.2) is 18.2 Å². The van der Waals surface area contributed by atoms with Gasteiger partial charge in [-0.05, 0) is 38.2 Å². The molecule has 0 aromatic heterocycles. The van der Waals surface area contributed by atoms with E-state index in [1.165, 1.54) is 5.01 Å². The van der Waals surface area contributed by atoms with Crippen LogP contribution in [0.4, 0.5) is 11.4 Å². The van der Waals surface area contributed by atoms with E-state index in [0.717, 1.165) is 23.7 Å². The molecule has 0 spiro atoms. The van der Waals surface area contributed by atoms with Gasteiger partial charge in [0.2, 0.25) is 0 Å². The molecule has 0 bridgehead atoms. The van der Waals surface area contributed by atoms with Gasteiger partial charge in [-0.1, -0.05) is 0 Å². The molecule has 1 aromatic carbocycles. The second kappa shape index (κ2) is 5.63. The van der Waals surface area contributed by atoms with E-state index in [9.17, 15) is 0 Å². The Bertz CT molecular complexity index is 476. The zero-order valence-electron chi connectivity index (χ0n) is 11.5. The zero-order valence-corrected chi connectivity index (χ0v) is 12.3. The number of anilines is 2. The smallest absolute Gasteiger partial charge is 0.187 e. The van der Waals surface area contributed by atoms with Gasteiger partial charge in [0, 0.05) is 24.8 Å². The van der Waals surface area contributed by atoms with Crippen molar-refractivity contribution in [3.8, 4) is 5.75 Å². The van der Waals surface area contributed by atoms with Crippen LogP contribution in [-0.2, 0) is 0 Å². The van der Waals surface area contributed by atoms with Crippen molar-refractivity contribution < 1.29 is 4.74 Å². The van der Waals surface area contributed by atoms with Gasteiger partial charge in [-0.3, -0.25) is 5.01 Å². The predicted molar refractivity (Wildman–Crippen MR) is 82.6 cm³/mol. The maximum atomic E-state index is 5.72. The van der Waals surface area contributed by atoms with Crippen molar-refractivity contribution in [3.63, 3.8) is 0 Å². The molecule has 6 heteroatoms. The van der Waals surface area contributed by atoms with Crippen LogP contribution in [0.3, 0.4) is 0 Å². The van der Waals surface area contributed by atoms with Gasteiger partial charge in [0.1, 0.15) is 12.4 Å². The first-order valence-electron chi connectivity index (χ1n) is 6.32. The van der Waals surface area contributed by atoms with E-state index in [0.29, 0.717) is 17.8 Å². The molecule has 0 unspecified atom stereocenters. The zero-order chi connectivity index (χ0) is 14.0. The number of nitrogens with zero attached hydrogens (tertiary/aromatic N) is 2. The summed E-state index contributed by atoms with van der Waals surface area (Å²) < 4.78 is 5.72. The maximum absolute atomic E-state index is 5.72. The number of hydrazine groups is 1. The average molecular weight is 280 g/mol. The van der Waals surface area contributed by atoms with Gasteiger partial charge >= 0.3 is 0 Å². The van der Waals surface area contributed by atoms with Gasteiger partial charge in [0.25, 0.3) is 0 Å². The first-order valence-corrected chi connectivity index (χ1v) is 6.72. The fourth-order valence-electron chi connectivity index (χ4n) is 2.07. The molecule has 0 saturated carbocycles. The molecule has 104 valence electrons. The number of fused-ring (bicyclic) bond motifs is 1. The Morgan fingerprint density at radius 1 is 1.53 bits per heavy atom. The monoisotopic (exact) mass is 280 g/mol. The predicted octanol–water partition coefficient (Wildman–Crippen LogP) is 1.80. The normalized spacial score (nSPS) is 13.8. The lowest BCUT2D eigenvalue weighted by Gasteiger charge is -2.34. The van der Waals surface area contributed by atoms with Crippen molar-refractivity contribution in [1.29, 1.82) is 0 Å². The van der Waals surface area contributed by atoms with E-state index in [1.807, 2.05) is 12.1 Å². The molecule has 1 aliphatic rings. The Balaban J connectivity index is 2.22. The van der Waals surface area contributed by atoms with Gasteiger partial charge in [-0.25, -0.2) is 5.84 Å². The molecular formula is C13H20N4OS. The molecule has 0 saturated heterocycles. The average Bonchev–Trinajstić information content (AvgIpc) is 2.37. The highest BCUT2D eigenvalue weighted by Gasteiger charge is 2.20. The van der Waals surface area contributed by atoms with E-state index in [4.69, 9.17) is 22.8 Å². The van der Waals surface area contributed by atoms with Crippen LogP contribution >= 0.6 is 12.2 Å². The Kier molecular flexibility index (Phi) is 4.11. The number of hydrogen-bond acceptors (Lipinski definition) is 4. The third-order valence-electron chi connectivity index (χ3n) is 3.05. The van der Waals surface area contributed by atoms with Crippen LogP contribution < -0.4 is 20.8 Å². The summed E-state index contributed by atoms with van der Waals surface area (Å²) in [4.78, 5) is 2.33. The number of thiocarbonyl (C=S) groups is 1. The molecule has 0 aliphatic carbocycles. The lowest BCUT2D eigenvalue weighted by Crippen LogP contribution is -2.38. The number of ether oxygens (including phenoxy) is 1. The number of hydrogen-bond donors (Lipinski definition) is 2. The van der Waals surface area contributed by atoms with E-state index in [-0.39, 0.29) is 0 Å². The Morgan fingerprint density at radius 3 is 2.89 bits per heavy atom. The summed E-state index contributed by atoms with van der Waals surface area (Å²) in [5, 5.41) is 4.91. The maximum Gasteiger partial charge on any atom is 0.187 e. The van der Waals surface area contributed by atoms with E-state index in [2.05, 4.69) is 30.1 Å². The van der Waals surface area contributed by atoms with Crippen LogP contribution in [-0.4, -0.2) is 36.4 Å². The summed E-state index contributed by atoms with van der Waals surface area (Å²) in [6.07, 6.45) is 0. The number of benzene rings is 1. The van der Waals surface area contributed by atoms with Crippen LogP contribution in [0.1, 0.15) is 13.8 Å². The minimum atomic E-state index is 0.456. The first-order chi connectivity index (χ1) is 8.99. The van der Waals surface area contributed by atoms with Crippen molar-refractivity contribution in [2.45, 2.75) is 19.9 Å². The summed E-state index contributed by atoms with van der Waals surface area (Å²) >= 11 is 5.12. The Morgan fingerprint density at radius 2 is 2.26 bits per heavy atom. The molecule has 1 heterocycles. The summed E-state index contributed by atoms with van der Waals surface area (Å²) in [6, 6.07) is 6.45. The summed E-state index contributed by atoms with van der Waals surface area (Å²) in [5.74, 6) is 6.46. The molecule has 0 radical (unpaired) electrons. The molecule has 0 atom stereocenters. The molecule has 1 aromatic rings. The summed E-state index contributed by atoms with van der Waals surface area (Å²) in [7, 11) is 1.70. The number of nitrogens with one attached hydrogen (secondary N) is 1. The molecular weight excluding hydrogens is 260 g/mol. The third-order valence-corrected chi connectivity index (χ3v) is 3.44. The minimum absolute atomic E-state index is 0.456. The number of nitrogens with two attached hydrogens (primary N) is 1. The van der Waals surface area contributed by atoms with Crippen LogP contribution in [0.25, 0.3) is 0 Å². The number of rotatable bonds is 2. The molecule has 5 nitrogen and oxygen atoms in total. The molecule has 0 fully saturated rings. The topological polar surface area (TPSA) is 53.8 Å². The minimum Gasteiger partial charge on any atom is -0.489 e. The largest absolute Gasteiger partial charge is 0.489 e. The van der Waals surface area contributed by atoms with Crippen molar-refractivity contribution in [3.05, 3.63) is 18.2 Å². The van der Waals surface area contributed by atoms with Gasteiger partial charge in [-0.15, -0.1) is 0 Å². The molecule has 19 heavy (non-hydrogen) atoms. The fraction of sp³-hybridized carbons (Fsp3) is 0.462. The van der Waals surface area contributed by atoms with E-state index < -0.39 is 0 Å². The Labute approximate surface area is 119 Å². The molecule has 0 amide bonds. The highest BCUT2D eigenvalue weighted by atomic mass is 32.1. The van der Waals surface area contributed by atoms with Crippen molar-refractivity contribution >= 4 is 28.7 Å². The first kappa shape index (κ1) is 13.9. The fourth-order valence-corrected chi connectivity index (χ4v) is 2.19. The summed E-state index contributed by atoms with van der Waals surface area (Å²) in [5.41, 5.74) is 2.01. The second-order valence-corrected chi connectivity index (χ2v) is 5.25. The SMILES string of the molecule is CC(C)N1CCOc2cc(NC(=S)N(C)N)ccc21. The van der Waals surface area contributed by atoms with Crippen molar-refractivity contribution in [1.82, 2.24) is 5.01 Å². The third kappa shape index (κ3) is 3.08. The molecule has 2 rings (SSSR count). The highest BCUT2D eigenvalue weighted by molar-refractivity contribution is 7.80. The lowest BCUT2D eigenvalue weighted by molar-refractivity contribution is 0.303. The van der Waals surface area contributed by atoms with Crippen LogP contribution in [0, 0.1) is 0 Å². The molecule has 1 aliphatic heterocycles. The van der Waals surface area contributed by atoms with Gasteiger partial charge in [-0.2, -0.15) is 0 Å². The van der Waals surface area contributed by atoms with E-state index in [1.54, 1.807) is 7.05 Å². The van der Waals surface area contributed by atoms with Crippen LogP contribution in [0.2, 0.25) is 0 Å². The summed E-state index contributed by atoms with van der Waals surface area (Å²) in [6.45, 7) is 5.98. The van der Waals surface area contributed by atoms with Gasteiger partial charge < -0.3 is 15.0 Å². The van der Waals surface area contributed by atoms with Crippen molar-refractivity contribution in [2.75, 3.05) is 30.4 Å².